The van der Waals surface area contributed by atoms with Crippen LogP contribution in [0.3, 0.4) is 0 Å². The van der Waals surface area contributed by atoms with Crippen molar-refractivity contribution in [2.75, 3.05) is 11.8 Å². The maximum atomic E-state index is 12.3. The van der Waals surface area contributed by atoms with Crippen LogP contribution in [0.4, 0.5) is 5.69 Å². The summed E-state index contributed by atoms with van der Waals surface area (Å²) in [4.78, 5) is 11.4. The zero-order chi connectivity index (χ0) is 15.5. The number of benzene rings is 2. The molecule has 5 nitrogen and oxygen atoms in total. The van der Waals surface area contributed by atoms with Crippen LogP contribution in [0.25, 0.3) is 0 Å². The molecule has 2 rings (SSSR count). The normalized spacial score (nSPS) is 11.0. The topological polar surface area (TPSA) is 72.5 Å². The zero-order valence-electron chi connectivity index (χ0n) is 11.0. The standard InChI is InChI=1S/C14H12BrNO4S/c1-20-14(17)10-6-8-11(9-7-10)21(18,19)16-13-5-3-2-4-12(13)15/h2-9,16H,1H3. The summed E-state index contributed by atoms with van der Waals surface area (Å²) in [5.41, 5.74) is 0.729. The van der Waals surface area contributed by atoms with Gasteiger partial charge >= 0.3 is 5.97 Å². The molecule has 1 N–H and O–H groups in total. The molecule has 110 valence electrons. The summed E-state index contributed by atoms with van der Waals surface area (Å²) in [5.74, 6) is -0.516. The second-order valence-corrected chi connectivity index (χ2v) is 6.64. The van der Waals surface area contributed by atoms with Gasteiger partial charge < -0.3 is 4.74 Å². The van der Waals surface area contributed by atoms with Gasteiger partial charge in [-0.25, -0.2) is 13.2 Å². The summed E-state index contributed by atoms with van der Waals surface area (Å²) in [6, 6.07) is 12.4. The van der Waals surface area contributed by atoms with Crippen LogP contribution in [0.15, 0.2) is 57.9 Å². The maximum Gasteiger partial charge on any atom is 0.337 e. The third kappa shape index (κ3) is 3.62. The Kier molecular flexibility index (Phi) is 4.64. The van der Waals surface area contributed by atoms with Gasteiger partial charge in [-0.05, 0) is 52.3 Å². The number of para-hydroxylation sites is 1. The van der Waals surface area contributed by atoms with E-state index in [-0.39, 0.29) is 10.5 Å². The quantitative estimate of drug-likeness (QED) is 0.840. The Morgan fingerprint density at radius 1 is 1.10 bits per heavy atom. The molecule has 0 heterocycles. The van der Waals surface area contributed by atoms with Crippen molar-refractivity contribution in [2.45, 2.75) is 4.90 Å². The molecule has 21 heavy (non-hydrogen) atoms. The monoisotopic (exact) mass is 369 g/mol. The summed E-state index contributed by atoms with van der Waals surface area (Å²) in [5, 5.41) is 0. The van der Waals surface area contributed by atoms with Crippen LogP contribution in [-0.4, -0.2) is 21.5 Å². The molecule has 0 atom stereocenters. The van der Waals surface area contributed by atoms with Gasteiger partial charge in [-0.2, -0.15) is 0 Å². The van der Waals surface area contributed by atoms with Crippen molar-refractivity contribution in [3.05, 3.63) is 58.6 Å². The number of esters is 1. The number of anilines is 1. The highest BCUT2D eigenvalue weighted by Gasteiger charge is 2.16. The number of sulfonamides is 1. The van der Waals surface area contributed by atoms with Gasteiger partial charge in [-0.3, -0.25) is 4.72 Å². The van der Waals surface area contributed by atoms with Crippen LogP contribution in [0.1, 0.15) is 10.4 Å². The average molecular weight is 370 g/mol. The number of rotatable bonds is 4. The molecular formula is C14H12BrNO4S. The highest BCUT2D eigenvalue weighted by Crippen LogP contribution is 2.24. The van der Waals surface area contributed by atoms with Crippen molar-refractivity contribution in [3.63, 3.8) is 0 Å². The smallest absolute Gasteiger partial charge is 0.337 e. The molecule has 0 saturated carbocycles. The van der Waals surface area contributed by atoms with Gasteiger partial charge in [0.25, 0.3) is 10.0 Å². The molecule has 0 aromatic heterocycles. The van der Waals surface area contributed by atoms with Crippen molar-refractivity contribution in [1.82, 2.24) is 0 Å². The fraction of sp³-hybridized carbons (Fsp3) is 0.0714. The Morgan fingerprint density at radius 3 is 2.29 bits per heavy atom. The lowest BCUT2D eigenvalue weighted by Crippen LogP contribution is -2.13. The van der Waals surface area contributed by atoms with Gasteiger partial charge in [-0.15, -0.1) is 0 Å². The van der Waals surface area contributed by atoms with Gasteiger partial charge in [0.1, 0.15) is 0 Å². The predicted molar refractivity (Wildman–Crippen MR) is 82.7 cm³/mol. The zero-order valence-corrected chi connectivity index (χ0v) is 13.4. The minimum Gasteiger partial charge on any atom is -0.465 e. The Balaban J connectivity index is 2.28. The summed E-state index contributed by atoms with van der Waals surface area (Å²) >= 11 is 3.27. The van der Waals surface area contributed by atoms with E-state index in [0.717, 1.165) is 0 Å². The number of methoxy groups -OCH3 is 1. The Hall–Kier alpha value is -1.86. The number of carbonyl (C=O) groups excluding carboxylic acids is 1. The molecule has 0 radical (unpaired) electrons. The molecule has 2 aromatic rings. The first-order valence-electron chi connectivity index (χ1n) is 5.90. The van der Waals surface area contributed by atoms with Crippen molar-refractivity contribution in [2.24, 2.45) is 0 Å². The minimum atomic E-state index is -3.72. The lowest BCUT2D eigenvalue weighted by molar-refractivity contribution is 0.0600. The SMILES string of the molecule is COC(=O)c1ccc(S(=O)(=O)Nc2ccccc2Br)cc1. The molecule has 7 heteroatoms. The largest absolute Gasteiger partial charge is 0.465 e. The van der Waals surface area contributed by atoms with E-state index in [1.807, 2.05) is 0 Å². The maximum absolute atomic E-state index is 12.3. The Morgan fingerprint density at radius 2 is 1.71 bits per heavy atom. The van der Waals surface area contributed by atoms with Gasteiger partial charge in [-0.1, -0.05) is 12.1 Å². The highest BCUT2D eigenvalue weighted by molar-refractivity contribution is 9.10. The number of carbonyl (C=O) groups is 1. The molecule has 0 unspecified atom stereocenters. The van der Waals surface area contributed by atoms with Gasteiger partial charge in [0, 0.05) is 4.47 Å². The first kappa shape index (κ1) is 15.5. The molecule has 0 bridgehead atoms. The molecular weight excluding hydrogens is 358 g/mol. The molecule has 0 fully saturated rings. The first-order chi connectivity index (χ1) is 9.94. The molecule has 0 aliphatic rings. The number of ether oxygens (including phenoxy) is 1. The fourth-order valence-corrected chi connectivity index (χ4v) is 3.23. The third-order valence-electron chi connectivity index (χ3n) is 2.70. The Labute approximate surface area is 131 Å². The fourth-order valence-electron chi connectivity index (χ4n) is 1.64. The van der Waals surface area contributed by atoms with E-state index in [2.05, 4.69) is 25.4 Å². The van der Waals surface area contributed by atoms with Crippen molar-refractivity contribution in [1.29, 1.82) is 0 Å². The summed E-state index contributed by atoms with van der Waals surface area (Å²) in [6.07, 6.45) is 0. The van der Waals surface area contributed by atoms with E-state index in [1.54, 1.807) is 24.3 Å². The highest BCUT2D eigenvalue weighted by atomic mass is 79.9. The third-order valence-corrected chi connectivity index (χ3v) is 4.78. The number of nitrogens with one attached hydrogen (secondary N) is 1. The van der Waals surface area contributed by atoms with Crippen LogP contribution < -0.4 is 4.72 Å². The number of halogens is 1. The van der Waals surface area contributed by atoms with E-state index >= 15 is 0 Å². The van der Waals surface area contributed by atoms with E-state index in [0.29, 0.717) is 10.2 Å². The predicted octanol–water partition coefficient (Wildman–Crippen LogP) is 3.04. The molecule has 0 saturated heterocycles. The first-order valence-corrected chi connectivity index (χ1v) is 8.17. The van der Waals surface area contributed by atoms with Crippen LogP contribution in [-0.2, 0) is 14.8 Å². The van der Waals surface area contributed by atoms with Crippen molar-refractivity contribution in [3.8, 4) is 0 Å². The molecule has 0 aliphatic carbocycles. The van der Waals surface area contributed by atoms with Gasteiger partial charge in [0.2, 0.25) is 0 Å². The summed E-state index contributed by atoms with van der Waals surface area (Å²) in [6.45, 7) is 0. The lowest BCUT2D eigenvalue weighted by atomic mass is 10.2. The van der Waals surface area contributed by atoms with Crippen LogP contribution in [0.5, 0.6) is 0 Å². The number of hydrogen-bond acceptors (Lipinski definition) is 4. The van der Waals surface area contributed by atoms with Crippen molar-refractivity contribution < 1.29 is 17.9 Å². The average Bonchev–Trinajstić information content (AvgIpc) is 2.49. The summed E-state index contributed by atoms with van der Waals surface area (Å²) < 4.78 is 32.2. The van der Waals surface area contributed by atoms with Crippen LogP contribution in [0.2, 0.25) is 0 Å². The lowest BCUT2D eigenvalue weighted by Gasteiger charge is -2.10. The molecule has 2 aromatic carbocycles. The Bertz CT molecular complexity index is 757. The number of hydrogen-bond donors (Lipinski definition) is 1. The van der Waals surface area contributed by atoms with E-state index < -0.39 is 16.0 Å². The van der Waals surface area contributed by atoms with E-state index in [9.17, 15) is 13.2 Å². The second-order valence-electron chi connectivity index (χ2n) is 4.10. The van der Waals surface area contributed by atoms with Crippen molar-refractivity contribution >= 4 is 37.6 Å². The van der Waals surface area contributed by atoms with Crippen LogP contribution >= 0.6 is 15.9 Å². The van der Waals surface area contributed by atoms with E-state index in [4.69, 9.17) is 0 Å². The molecule has 0 aliphatic heterocycles. The van der Waals surface area contributed by atoms with Crippen LogP contribution in [0, 0.1) is 0 Å². The minimum absolute atomic E-state index is 0.0610. The van der Waals surface area contributed by atoms with E-state index in [1.165, 1.54) is 31.4 Å². The second kappa shape index (κ2) is 6.28. The molecule has 0 amide bonds. The van der Waals surface area contributed by atoms with Gasteiger partial charge in [0.15, 0.2) is 0 Å². The molecule has 0 spiro atoms. The summed E-state index contributed by atoms with van der Waals surface area (Å²) in [7, 11) is -2.45. The van der Waals surface area contributed by atoms with Gasteiger partial charge in [0.05, 0.1) is 23.3 Å².